The van der Waals surface area contributed by atoms with E-state index in [0.717, 1.165) is 33.3 Å². The van der Waals surface area contributed by atoms with Gasteiger partial charge in [0.25, 0.3) is 5.91 Å². The van der Waals surface area contributed by atoms with E-state index in [9.17, 15) is 4.79 Å². The summed E-state index contributed by atoms with van der Waals surface area (Å²) in [6, 6.07) is 25.1. The molecule has 1 saturated heterocycles. The summed E-state index contributed by atoms with van der Waals surface area (Å²) >= 11 is 0. The fraction of sp³-hybridized carbons (Fsp3) is 0.250. The Morgan fingerprint density at radius 1 is 0.828 bits per heavy atom. The van der Waals surface area contributed by atoms with Crippen molar-refractivity contribution < 1.29 is 9.90 Å². The number of nitrogens with zero attached hydrogens (tertiary/aromatic N) is 3. The number of aliphatic hydroxyl groups is 1. The monoisotopic (exact) mass is 389 g/mol. The maximum atomic E-state index is 12.7. The molecule has 0 radical (unpaired) electrons. The molecule has 0 atom stereocenters. The van der Waals surface area contributed by atoms with Gasteiger partial charge >= 0.3 is 0 Å². The number of rotatable bonds is 4. The van der Waals surface area contributed by atoms with Gasteiger partial charge in [-0.3, -0.25) is 14.7 Å². The van der Waals surface area contributed by atoms with Crippen LogP contribution in [0.3, 0.4) is 0 Å². The zero-order valence-corrected chi connectivity index (χ0v) is 16.7. The first-order valence-electron chi connectivity index (χ1n) is 9.81. The zero-order valence-electron chi connectivity index (χ0n) is 16.7. The van der Waals surface area contributed by atoms with Crippen LogP contribution in [0.1, 0.15) is 27.5 Å². The Morgan fingerprint density at radius 3 is 1.86 bits per heavy atom. The molecule has 1 aliphatic heterocycles. The van der Waals surface area contributed by atoms with Crippen molar-refractivity contribution in [3.05, 3.63) is 102 Å². The molecule has 0 saturated carbocycles. The molecule has 5 heteroatoms. The molecule has 0 bridgehead atoms. The van der Waals surface area contributed by atoms with Crippen LogP contribution in [0.4, 0.5) is 0 Å². The third-order valence-corrected chi connectivity index (χ3v) is 5.11. The molecule has 2 aromatic carbocycles. The highest BCUT2D eigenvalue weighted by Crippen LogP contribution is 2.29. The summed E-state index contributed by atoms with van der Waals surface area (Å²) in [4.78, 5) is 21.1. The molecule has 150 valence electrons. The Hall–Kier alpha value is -3.02. The first kappa shape index (κ1) is 20.7. The molecule has 1 N–H and O–H groups in total. The summed E-state index contributed by atoms with van der Waals surface area (Å²) in [6.45, 7) is 3.15. The van der Waals surface area contributed by atoms with Crippen molar-refractivity contribution in [2.24, 2.45) is 0 Å². The van der Waals surface area contributed by atoms with Gasteiger partial charge in [0.1, 0.15) is 0 Å². The van der Waals surface area contributed by atoms with Gasteiger partial charge in [-0.05, 0) is 23.3 Å². The van der Waals surface area contributed by atoms with Crippen molar-refractivity contribution in [3.8, 4) is 0 Å². The fourth-order valence-electron chi connectivity index (χ4n) is 3.74. The summed E-state index contributed by atoms with van der Waals surface area (Å²) in [6.07, 6.45) is 3.34. The molecule has 0 aliphatic carbocycles. The number of benzene rings is 2. The Morgan fingerprint density at radius 2 is 1.38 bits per heavy atom. The van der Waals surface area contributed by atoms with Crippen LogP contribution in [-0.2, 0) is 0 Å². The van der Waals surface area contributed by atoms with Gasteiger partial charge in [0.15, 0.2) is 0 Å². The standard InChI is InChI=1S/C23H23N3O.CH4O/c27-23(21-12-7-13-24-18-21)26-16-14-25(15-17-26)22(19-8-3-1-4-9-19)20-10-5-2-6-11-20;1-2/h1-13,18,22H,14-17H2;2H,1H3. The van der Waals surface area contributed by atoms with Crippen LogP contribution in [0.25, 0.3) is 0 Å². The molecule has 3 aromatic rings. The lowest BCUT2D eigenvalue weighted by atomic mass is 9.96. The molecule has 1 amide bonds. The lowest BCUT2D eigenvalue weighted by Gasteiger charge is -2.39. The van der Waals surface area contributed by atoms with Gasteiger partial charge in [-0.1, -0.05) is 60.7 Å². The summed E-state index contributed by atoms with van der Waals surface area (Å²) in [5.74, 6) is 0.0683. The molecular formula is C24H27N3O2. The van der Waals surface area contributed by atoms with E-state index in [1.54, 1.807) is 12.4 Å². The molecular weight excluding hydrogens is 362 g/mol. The predicted octanol–water partition coefficient (Wildman–Crippen LogP) is 3.24. The van der Waals surface area contributed by atoms with Crippen LogP contribution in [0.15, 0.2) is 85.2 Å². The molecule has 1 aliphatic rings. The first-order chi connectivity index (χ1) is 14.3. The fourth-order valence-corrected chi connectivity index (χ4v) is 3.74. The van der Waals surface area contributed by atoms with Gasteiger partial charge in [0.2, 0.25) is 0 Å². The van der Waals surface area contributed by atoms with Crippen LogP contribution in [0.2, 0.25) is 0 Å². The van der Waals surface area contributed by atoms with Crippen molar-refractivity contribution in [1.29, 1.82) is 0 Å². The van der Waals surface area contributed by atoms with Crippen molar-refractivity contribution in [2.75, 3.05) is 33.3 Å². The van der Waals surface area contributed by atoms with Crippen molar-refractivity contribution in [2.45, 2.75) is 6.04 Å². The van der Waals surface area contributed by atoms with E-state index >= 15 is 0 Å². The molecule has 29 heavy (non-hydrogen) atoms. The average Bonchev–Trinajstić information content (AvgIpc) is 2.83. The summed E-state index contributed by atoms with van der Waals surface area (Å²) in [5, 5.41) is 7.00. The van der Waals surface area contributed by atoms with E-state index in [1.165, 1.54) is 11.1 Å². The van der Waals surface area contributed by atoms with E-state index in [2.05, 4.69) is 70.5 Å². The van der Waals surface area contributed by atoms with Gasteiger partial charge in [-0.25, -0.2) is 0 Å². The molecule has 0 unspecified atom stereocenters. The van der Waals surface area contributed by atoms with Crippen molar-refractivity contribution in [1.82, 2.24) is 14.8 Å². The summed E-state index contributed by atoms with van der Waals surface area (Å²) in [5.41, 5.74) is 3.24. The van der Waals surface area contributed by atoms with E-state index in [4.69, 9.17) is 5.11 Å². The topological polar surface area (TPSA) is 56.7 Å². The van der Waals surface area contributed by atoms with Gasteiger partial charge in [0, 0.05) is 45.7 Å². The summed E-state index contributed by atoms with van der Waals surface area (Å²) in [7, 11) is 1.00. The highest BCUT2D eigenvalue weighted by atomic mass is 16.2. The average molecular weight is 389 g/mol. The number of hydrogen-bond donors (Lipinski definition) is 1. The number of aromatic nitrogens is 1. The second kappa shape index (κ2) is 10.5. The minimum atomic E-state index is 0.0683. The van der Waals surface area contributed by atoms with E-state index in [-0.39, 0.29) is 11.9 Å². The number of amides is 1. The van der Waals surface area contributed by atoms with Crippen molar-refractivity contribution in [3.63, 3.8) is 0 Å². The third-order valence-electron chi connectivity index (χ3n) is 5.11. The molecule has 4 rings (SSSR count). The highest BCUT2D eigenvalue weighted by molar-refractivity contribution is 5.93. The number of pyridine rings is 1. The minimum Gasteiger partial charge on any atom is -0.400 e. The molecule has 0 spiro atoms. The van der Waals surface area contributed by atoms with Crippen LogP contribution in [0.5, 0.6) is 0 Å². The minimum absolute atomic E-state index is 0.0683. The normalized spacial score (nSPS) is 14.2. The Balaban J connectivity index is 0.00000117. The predicted molar refractivity (Wildman–Crippen MR) is 115 cm³/mol. The second-order valence-electron chi connectivity index (χ2n) is 6.79. The van der Waals surface area contributed by atoms with E-state index < -0.39 is 0 Å². The quantitative estimate of drug-likeness (QED) is 0.744. The maximum Gasteiger partial charge on any atom is 0.255 e. The number of aliphatic hydroxyl groups excluding tert-OH is 1. The molecule has 1 fully saturated rings. The zero-order chi connectivity index (χ0) is 20.5. The Labute approximate surface area is 172 Å². The third kappa shape index (κ3) is 5.08. The maximum absolute atomic E-state index is 12.7. The molecule has 5 nitrogen and oxygen atoms in total. The van der Waals surface area contributed by atoms with Crippen LogP contribution in [0, 0.1) is 0 Å². The first-order valence-corrected chi connectivity index (χ1v) is 9.81. The smallest absolute Gasteiger partial charge is 0.255 e. The Bertz CT molecular complexity index is 825. The van der Waals surface area contributed by atoms with Gasteiger partial charge in [-0.2, -0.15) is 0 Å². The van der Waals surface area contributed by atoms with Crippen LogP contribution >= 0.6 is 0 Å². The van der Waals surface area contributed by atoms with Crippen molar-refractivity contribution >= 4 is 5.91 Å². The number of carbonyl (C=O) groups excluding carboxylic acids is 1. The highest BCUT2D eigenvalue weighted by Gasteiger charge is 2.28. The van der Waals surface area contributed by atoms with E-state index in [0.29, 0.717) is 5.56 Å². The van der Waals surface area contributed by atoms with E-state index in [1.807, 2.05) is 17.0 Å². The van der Waals surface area contributed by atoms with Crippen LogP contribution < -0.4 is 0 Å². The number of carbonyl (C=O) groups is 1. The second-order valence-corrected chi connectivity index (χ2v) is 6.79. The summed E-state index contributed by atoms with van der Waals surface area (Å²) < 4.78 is 0. The van der Waals surface area contributed by atoms with Crippen LogP contribution in [-0.4, -0.2) is 59.1 Å². The lowest BCUT2D eigenvalue weighted by Crippen LogP contribution is -2.49. The largest absolute Gasteiger partial charge is 0.400 e. The SMILES string of the molecule is CO.O=C(c1cccnc1)N1CCN(C(c2ccccc2)c2ccccc2)CC1. The lowest BCUT2D eigenvalue weighted by molar-refractivity contribution is 0.0597. The Kier molecular flexibility index (Phi) is 7.50. The van der Waals surface area contributed by atoms with Gasteiger partial charge < -0.3 is 10.0 Å². The van der Waals surface area contributed by atoms with Gasteiger partial charge in [-0.15, -0.1) is 0 Å². The number of piperazine rings is 1. The molecule has 1 aromatic heterocycles. The molecule has 2 heterocycles. The number of hydrogen-bond acceptors (Lipinski definition) is 4. The van der Waals surface area contributed by atoms with Gasteiger partial charge in [0.05, 0.1) is 11.6 Å².